The van der Waals surface area contributed by atoms with Crippen LogP contribution in [-0.2, 0) is 25.4 Å². The number of ether oxygens (including phenoxy) is 3. The third-order valence-electron chi connectivity index (χ3n) is 8.96. The first-order valence-corrected chi connectivity index (χ1v) is 11.6. The van der Waals surface area contributed by atoms with Gasteiger partial charge in [-0.15, -0.1) is 0 Å². The number of methoxy groups -OCH3 is 1. The summed E-state index contributed by atoms with van der Waals surface area (Å²) >= 11 is 0. The molecule has 4 aliphatic rings. The van der Waals surface area contributed by atoms with Crippen LogP contribution in [0.25, 0.3) is 0 Å². The molecular weight excluding hydrogens is 384 g/mol. The number of fused-ring (bicyclic) bond motifs is 2. The summed E-state index contributed by atoms with van der Waals surface area (Å²) in [5.74, 6) is 2.49. The molecule has 5 rings (SSSR count). The van der Waals surface area contributed by atoms with Crippen molar-refractivity contribution in [1.82, 2.24) is 0 Å². The third-order valence-corrected chi connectivity index (χ3v) is 8.96. The lowest BCUT2D eigenvalue weighted by Gasteiger charge is -2.66. The molecule has 1 N–H and O–H groups in total. The molecule has 3 aliphatic carbocycles. The van der Waals surface area contributed by atoms with E-state index < -0.39 is 5.41 Å². The van der Waals surface area contributed by atoms with E-state index >= 15 is 0 Å². The summed E-state index contributed by atoms with van der Waals surface area (Å²) in [4.78, 5) is 13.1. The molecule has 7 atom stereocenters. The standard InChI is InChI=1S/C24H34O6/c1-15-16-5-6-20-23(21(26)27-2)8-3-9-24(20,22(30-14-23)29-11-4-10-25)18(16)13-19-17(15)7-12-28-19/h7,12,15-16,18,20,22,25H,3-6,8-11,13-14H2,1-2H3/t15-,16+,18+,20+,22-,23+,24?/m1/s1. The fourth-order valence-electron chi connectivity index (χ4n) is 7.79. The van der Waals surface area contributed by atoms with Crippen LogP contribution < -0.4 is 0 Å². The first-order chi connectivity index (χ1) is 14.6. The SMILES string of the molecule is COC(=O)[C@@]12CCCC3([C@H](OCCCO)OC1)[C@H]2CC[C@H]1[C@@H](C)c2ccoc2C[C@@H]13. The lowest BCUT2D eigenvalue weighted by molar-refractivity contribution is -0.332. The Morgan fingerprint density at radius 3 is 3.00 bits per heavy atom. The first-order valence-electron chi connectivity index (χ1n) is 11.6. The van der Waals surface area contributed by atoms with Crippen molar-refractivity contribution in [2.24, 2.45) is 28.6 Å². The average Bonchev–Trinajstić information content (AvgIpc) is 3.23. The van der Waals surface area contributed by atoms with Gasteiger partial charge < -0.3 is 23.7 Å². The molecule has 6 heteroatoms. The second kappa shape index (κ2) is 7.64. The van der Waals surface area contributed by atoms with Crippen molar-refractivity contribution >= 4 is 5.97 Å². The molecule has 1 aliphatic heterocycles. The molecule has 1 aromatic rings. The summed E-state index contributed by atoms with van der Waals surface area (Å²) in [5, 5.41) is 9.26. The average molecular weight is 419 g/mol. The lowest BCUT2D eigenvalue weighted by Crippen LogP contribution is -2.68. The van der Waals surface area contributed by atoms with E-state index in [2.05, 4.69) is 13.0 Å². The quantitative estimate of drug-likeness (QED) is 0.581. The van der Waals surface area contributed by atoms with Crippen LogP contribution in [-0.4, -0.2) is 44.3 Å². The van der Waals surface area contributed by atoms with Gasteiger partial charge in [0.2, 0.25) is 0 Å². The van der Waals surface area contributed by atoms with E-state index in [0.29, 0.717) is 37.4 Å². The van der Waals surface area contributed by atoms with Gasteiger partial charge in [0.15, 0.2) is 6.29 Å². The van der Waals surface area contributed by atoms with Crippen molar-refractivity contribution in [3.8, 4) is 0 Å². The van der Waals surface area contributed by atoms with Crippen molar-refractivity contribution in [3.05, 3.63) is 23.7 Å². The van der Waals surface area contributed by atoms with Gasteiger partial charge in [-0.05, 0) is 67.4 Å². The molecule has 2 bridgehead atoms. The second-order valence-corrected chi connectivity index (χ2v) is 9.90. The molecular formula is C24H34O6. The molecule has 0 spiro atoms. The molecule has 0 radical (unpaired) electrons. The van der Waals surface area contributed by atoms with E-state index in [0.717, 1.165) is 44.3 Å². The summed E-state index contributed by atoms with van der Waals surface area (Å²) in [6.45, 7) is 3.27. The van der Waals surface area contributed by atoms with Crippen LogP contribution in [0.1, 0.15) is 62.7 Å². The van der Waals surface area contributed by atoms with Gasteiger partial charge in [0.05, 0.1) is 32.0 Å². The highest BCUT2D eigenvalue weighted by Crippen LogP contribution is 2.69. The van der Waals surface area contributed by atoms with Crippen LogP contribution in [0.3, 0.4) is 0 Å². The Morgan fingerprint density at radius 2 is 2.20 bits per heavy atom. The number of aliphatic hydroxyl groups excluding tert-OH is 1. The number of carbonyl (C=O) groups is 1. The first kappa shape index (κ1) is 20.5. The van der Waals surface area contributed by atoms with Gasteiger partial charge in [0.25, 0.3) is 0 Å². The molecule has 1 aromatic heterocycles. The Balaban J connectivity index is 1.58. The van der Waals surface area contributed by atoms with E-state index in [1.165, 1.54) is 12.7 Å². The molecule has 1 unspecified atom stereocenters. The number of hydrogen-bond acceptors (Lipinski definition) is 6. The number of rotatable bonds is 5. The van der Waals surface area contributed by atoms with Crippen LogP contribution in [0.2, 0.25) is 0 Å². The van der Waals surface area contributed by atoms with Crippen LogP contribution in [0.15, 0.2) is 16.7 Å². The van der Waals surface area contributed by atoms with Gasteiger partial charge in [-0.3, -0.25) is 4.79 Å². The number of hydrogen-bond donors (Lipinski definition) is 1. The number of carbonyl (C=O) groups excluding carboxylic acids is 1. The van der Waals surface area contributed by atoms with Gasteiger partial charge in [0.1, 0.15) is 5.76 Å². The number of furan rings is 1. The lowest BCUT2D eigenvalue weighted by atomic mass is 9.41. The maximum atomic E-state index is 13.1. The smallest absolute Gasteiger partial charge is 0.314 e. The van der Waals surface area contributed by atoms with Crippen LogP contribution in [0.4, 0.5) is 0 Å². The van der Waals surface area contributed by atoms with Gasteiger partial charge in [-0.25, -0.2) is 0 Å². The summed E-state index contributed by atoms with van der Waals surface area (Å²) in [7, 11) is 1.50. The van der Waals surface area contributed by atoms with Gasteiger partial charge in [-0.1, -0.05) is 13.3 Å². The minimum Gasteiger partial charge on any atom is -0.469 e. The van der Waals surface area contributed by atoms with Gasteiger partial charge >= 0.3 is 5.97 Å². The Labute approximate surface area is 178 Å². The predicted octanol–water partition coefficient (Wildman–Crippen LogP) is 3.67. The summed E-state index contributed by atoms with van der Waals surface area (Å²) in [6, 6.07) is 2.13. The molecule has 3 fully saturated rings. The minimum atomic E-state index is -0.568. The number of aliphatic hydroxyl groups is 1. The molecule has 0 aromatic carbocycles. The van der Waals surface area contributed by atoms with E-state index in [1.807, 2.05) is 6.26 Å². The topological polar surface area (TPSA) is 78.1 Å². The van der Waals surface area contributed by atoms with E-state index in [-0.39, 0.29) is 30.2 Å². The predicted molar refractivity (Wildman–Crippen MR) is 109 cm³/mol. The normalized spacial score (nSPS) is 42.0. The molecule has 6 nitrogen and oxygen atoms in total. The Morgan fingerprint density at radius 1 is 1.33 bits per heavy atom. The third kappa shape index (κ3) is 2.69. The van der Waals surface area contributed by atoms with Crippen LogP contribution in [0.5, 0.6) is 0 Å². The molecule has 2 saturated carbocycles. The molecule has 2 heterocycles. The fraction of sp³-hybridized carbons (Fsp3) is 0.792. The van der Waals surface area contributed by atoms with Crippen LogP contribution >= 0.6 is 0 Å². The van der Waals surface area contributed by atoms with Gasteiger partial charge in [-0.2, -0.15) is 0 Å². The Bertz CT molecular complexity index is 788. The highest BCUT2D eigenvalue weighted by atomic mass is 16.7. The van der Waals surface area contributed by atoms with Crippen molar-refractivity contribution in [3.63, 3.8) is 0 Å². The monoisotopic (exact) mass is 418 g/mol. The Kier molecular flexibility index (Phi) is 5.23. The van der Waals surface area contributed by atoms with Crippen molar-refractivity contribution in [2.75, 3.05) is 26.9 Å². The number of esters is 1. The molecule has 1 saturated heterocycles. The largest absolute Gasteiger partial charge is 0.469 e. The molecule has 30 heavy (non-hydrogen) atoms. The zero-order valence-electron chi connectivity index (χ0n) is 18.1. The second-order valence-electron chi connectivity index (χ2n) is 9.90. The summed E-state index contributed by atoms with van der Waals surface area (Å²) in [6.07, 6.45) is 7.89. The Hall–Kier alpha value is -1.37. The summed E-state index contributed by atoms with van der Waals surface area (Å²) in [5.41, 5.74) is 0.555. The van der Waals surface area contributed by atoms with Crippen molar-refractivity contribution in [2.45, 2.75) is 64.1 Å². The fourth-order valence-corrected chi connectivity index (χ4v) is 7.79. The van der Waals surface area contributed by atoms with Crippen molar-refractivity contribution in [1.29, 1.82) is 0 Å². The van der Waals surface area contributed by atoms with E-state index in [9.17, 15) is 9.90 Å². The van der Waals surface area contributed by atoms with Gasteiger partial charge in [0, 0.05) is 18.4 Å². The molecule has 0 amide bonds. The van der Waals surface area contributed by atoms with Crippen molar-refractivity contribution < 1.29 is 28.5 Å². The zero-order valence-corrected chi connectivity index (χ0v) is 18.1. The van der Waals surface area contributed by atoms with Crippen LogP contribution in [0, 0.1) is 28.6 Å². The maximum Gasteiger partial charge on any atom is 0.314 e. The summed E-state index contributed by atoms with van der Waals surface area (Å²) < 4.78 is 24.0. The maximum absolute atomic E-state index is 13.1. The molecule has 166 valence electrons. The highest BCUT2D eigenvalue weighted by molar-refractivity contribution is 5.78. The zero-order chi connectivity index (χ0) is 20.9. The van der Waals surface area contributed by atoms with E-state index in [1.54, 1.807) is 0 Å². The highest BCUT2D eigenvalue weighted by Gasteiger charge is 2.70. The minimum absolute atomic E-state index is 0.105. The van der Waals surface area contributed by atoms with E-state index in [4.69, 9.17) is 18.6 Å².